The molecule has 8 nitrogen and oxygen atoms in total. The first kappa shape index (κ1) is 26.1. The number of hydrogen-bond acceptors (Lipinski definition) is 7. The molecular formula is C30H24F3N7O. The monoisotopic (exact) mass is 555 g/mol. The van der Waals surface area contributed by atoms with Gasteiger partial charge in [0.25, 0.3) is 0 Å². The van der Waals surface area contributed by atoms with Crippen LogP contribution in [0.2, 0.25) is 0 Å². The molecule has 2 N–H and O–H groups in total. The first-order chi connectivity index (χ1) is 19.9. The molecule has 0 saturated carbocycles. The predicted molar refractivity (Wildman–Crippen MR) is 151 cm³/mol. The molecule has 3 heterocycles. The Morgan fingerprint density at radius 3 is 2.49 bits per heavy atom. The zero-order chi connectivity index (χ0) is 28.2. The van der Waals surface area contributed by atoms with Crippen LogP contribution in [0.15, 0.2) is 97.5 Å². The second kappa shape index (κ2) is 11.1. The van der Waals surface area contributed by atoms with Gasteiger partial charge in [0, 0.05) is 17.3 Å². The van der Waals surface area contributed by atoms with Crippen molar-refractivity contribution in [3.05, 3.63) is 109 Å². The highest BCUT2D eigenvalue weighted by molar-refractivity contribution is 5.86. The lowest BCUT2D eigenvalue weighted by Gasteiger charge is -2.12. The fraction of sp³-hybridized carbons (Fsp3) is 0.133. The van der Waals surface area contributed by atoms with Gasteiger partial charge in [0.1, 0.15) is 12.4 Å². The number of nitrogens with zero attached hydrogens (tertiary/aromatic N) is 5. The van der Waals surface area contributed by atoms with E-state index in [1.165, 1.54) is 12.1 Å². The lowest BCUT2D eigenvalue weighted by atomic mass is 10.1. The molecule has 6 rings (SSSR count). The largest absolute Gasteiger partial charge is 0.492 e. The van der Waals surface area contributed by atoms with Crippen LogP contribution in [0.3, 0.4) is 0 Å². The maximum absolute atomic E-state index is 13.0. The van der Waals surface area contributed by atoms with Gasteiger partial charge in [0.05, 0.1) is 30.5 Å². The van der Waals surface area contributed by atoms with Crippen molar-refractivity contribution < 1.29 is 17.9 Å². The van der Waals surface area contributed by atoms with Crippen molar-refractivity contribution >= 4 is 39.5 Å². The summed E-state index contributed by atoms with van der Waals surface area (Å²) in [4.78, 5) is 18.3. The number of benzene rings is 3. The Kier molecular flexibility index (Phi) is 7.07. The number of pyridine rings is 1. The van der Waals surface area contributed by atoms with E-state index in [1.54, 1.807) is 17.1 Å². The maximum atomic E-state index is 13.0. The molecule has 0 aliphatic heterocycles. The molecule has 0 fully saturated rings. The van der Waals surface area contributed by atoms with E-state index in [4.69, 9.17) is 9.72 Å². The summed E-state index contributed by atoms with van der Waals surface area (Å²) in [7, 11) is 0. The highest BCUT2D eigenvalue weighted by atomic mass is 19.4. The summed E-state index contributed by atoms with van der Waals surface area (Å²) in [6.07, 6.45) is -1.05. The molecule has 0 aliphatic carbocycles. The summed E-state index contributed by atoms with van der Waals surface area (Å²) in [5.41, 5.74) is 2.68. The molecule has 0 amide bonds. The summed E-state index contributed by atoms with van der Waals surface area (Å²) in [6.45, 7) is 1.12. The molecule has 0 atom stereocenters. The highest BCUT2D eigenvalue weighted by Gasteiger charge is 2.30. The Morgan fingerprint density at radius 1 is 0.854 bits per heavy atom. The third kappa shape index (κ3) is 6.03. The van der Waals surface area contributed by atoms with Crippen LogP contribution in [-0.4, -0.2) is 37.7 Å². The first-order valence-corrected chi connectivity index (χ1v) is 12.8. The molecule has 0 bridgehead atoms. The quantitative estimate of drug-likeness (QED) is 0.193. The molecule has 3 aromatic heterocycles. The fourth-order valence-corrected chi connectivity index (χ4v) is 4.37. The number of anilines is 3. The topological polar surface area (TPSA) is 89.8 Å². The van der Waals surface area contributed by atoms with Crippen LogP contribution in [0.5, 0.6) is 5.75 Å². The van der Waals surface area contributed by atoms with Crippen LogP contribution in [0.4, 0.5) is 30.6 Å². The Morgan fingerprint density at radius 2 is 1.68 bits per heavy atom. The summed E-state index contributed by atoms with van der Waals surface area (Å²) < 4.78 is 46.6. The van der Waals surface area contributed by atoms with Gasteiger partial charge in [-0.2, -0.15) is 23.1 Å². The summed E-state index contributed by atoms with van der Waals surface area (Å²) in [5, 5.41) is 7.51. The minimum atomic E-state index is -4.39. The van der Waals surface area contributed by atoms with Crippen LogP contribution < -0.4 is 15.4 Å². The molecule has 41 heavy (non-hydrogen) atoms. The van der Waals surface area contributed by atoms with Gasteiger partial charge in [0.15, 0.2) is 17.0 Å². The van der Waals surface area contributed by atoms with Gasteiger partial charge in [0.2, 0.25) is 5.95 Å². The number of rotatable bonds is 9. The molecule has 11 heteroatoms. The van der Waals surface area contributed by atoms with E-state index in [-0.39, 0.29) is 6.54 Å². The Bertz CT molecular complexity index is 1790. The molecule has 206 valence electrons. The van der Waals surface area contributed by atoms with Crippen molar-refractivity contribution in [2.45, 2.75) is 12.7 Å². The average molecular weight is 556 g/mol. The lowest BCUT2D eigenvalue weighted by Crippen LogP contribution is -2.14. The van der Waals surface area contributed by atoms with Crippen LogP contribution >= 0.6 is 0 Å². The van der Waals surface area contributed by atoms with Crippen molar-refractivity contribution in [3.63, 3.8) is 0 Å². The normalized spacial score (nSPS) is 11.6. The zero-order valence-corrected chi connectivity index (χ0v) is 21.6. The Balaban J connectivity index is 1.28. The van der Waals surface area contributed by atoms with Crippen molar-refractivity contribution in [1.82, 2.24) is 24.5 Å². The van der Waals surface area contributed by atoms with Gasteiger partial charge in [-0.05, 0) is 54.1 Å². The van der Waals surface area contributed by atoms with Gasteiger partial charge in [-0.15, -0.1) is 0 Å². The number of para-hydroxylation sites is 1. The summed E-state index contributed by atoms with van der Waals surface area (Å²) in [6, 6.07) is 24.1. The molecule has 6 aromatic rings. The van der Waals surface area contributed by atoms with Crippen LogP contribution in [0.1, 0.15) is 11.1 Å². The summed E-state index contributed by atoms with van der Waals surface area (Å²) in [5.74, 6) is 1.60. The minimum absolute atomic E-state index is 0.281. The number of fused-ring (bicyclic) bond motifs is 2. The number of imidazole rings is 1. The van der Waals surface area contributed by atoms with E-state index in [0.29, 0.717) is 41.6 Å². The number of alkyl halides is 3. The van der Waals surface area contributed by atoms with E-state index in [0.717, 1.165) is 34.5 Å². The van der Waals surface area contributed by atoms with Crippen molar-refractivity contribution in [3.8, 4) is 5.75 Å². The number of nitrogens with one attached hydrogen (secondary N) is 2. The third-order valence-corrected chi connectivity index (χ3v) is 6.36. The molecule has 0 aliphatic rings. The third-order valence-electron chi connectivity index (χ3n) is 6.36. The van der Waals surface area contributed by atoms with Crippen LogP contribution in [0.25, 0.3) is 22.1 Å². The molecule has 0 spiro atoms. The standard InChI is InChI=1S/C30H24F3N7O/c31-30(32,33)22-10-8-20(9-11-22)18-40-19-36-26-27(35-15-16-41-24-6-2-1-3-7-24)38-29(39-28(26)40)37-23-12-13-25-21(17-23)5-4-14-34-25/h1-14,17,19H,15-16,18H2,(H2,35,37,38,39). The SMILES string of the molecule is FC(F)(F)c1ccc(Cn2cnc3c(NCCOc4ccccc4)nc(Nc4ccc5ncccc5c4)nc32)cc1. The molecule has 0 radical (unpaired) electrons. The van der Waals surface area contributed by atoms with E-state index < -0.39 is 11.7 Å². The molecule has 0 unspecified atom stereocenters. The van der Waals surface area contributed by atoms with Crippen molar-refractivity contribution in [2.24, 2.45) is 0 Å². The van der Waals surface area contributed by atoms with Gasteiger partial charge in [-0.1, -0.05) is 36.4 Å². The average Bonchev–Trinajstić information content (AvgIpc) is 3.38. The number of aromatic nitrogens is 5. The van der Waals surface area contributed by atoms with Crippen LogP contribution in [0, 0.1) is 0 Å². The predicted octanol–water partition coefficient (Wildman–Crippen LogP) is 6.68. The molecule has 3 aromatic carbocycles. The van der Waals surface area contributed by atoms with E-state index in [9.17, 15) is 13.2 Å². The Labute approximate surface area is 232 Å². The van der Waals surface area contributed by atoms with Gasteiger partial charge < -0.3 is 19.9 Å². The van der Waals surface area contributed by atoms with Crippen LogP contribution in [-0.2, 0) is 12.7 Å². The summed E-state index contributed by atoms with van der Waals surface area (Å²) >= 11 is 0. The van der Waals surface area contributed by atoms with E-state index in [1.807, 2.05) is 60.7 Å². The number of halogens is 3. The van der Waals surface area contributed by atoms with Gasteiger partial charge in [-0.3, -0.25) is 4.98 Å². The van der Waals surface area contributed by atoms with Gasteiger partial charge in [-0.25, -0.2) is 4.98 Å². The van der Waals surface area contributed by atoms with E-state index in [2.05, 4.69) is 25.6 Å². The highest BCUT2D eigenvalue weighted by Crippen LogP contribution is 2.30. The zero-order valence-electron chi connectivity index (χ0n) is 21.6. The molecule has 0 saturated heterocycles. The number of hydrogen-bond donors (Lipinski definition) is 2. The molecular weight excluding hydrogens is 531 g/mol. The maximum Gasteiger partial charge on any atom is 0.416 e. The second-order valence-corrected chi connectivity index (χ2v) is 9.26. The minimum Gasteiger partial charge on any atom is -0.492 e. The van der Waals surface area contributed by atoms with E-state index >= 15 is 0 Å². The first-order valence-electron chi connectivity index (χ1n) is 12.8. The smallest absolute Gasteiger partial charge is 0.416 e. The second-order valence-electron chi connectivity index (χ2n) is 9.26. The lowest BCUT2D eigenvalue weighted by molar-refractivity contribution is -0.137. The fourth-order valence-electron chi connectivity index (χ4n) is 4.37. The van der Waals surface area contributed by atoms with Crippen molar-refractivity contribution in [1.29, 1.82) is 0 Å². The van der Waals surface area contributed by atoms with Crippen molar-refractivity contribution in [2.75, 3.05) is 23.8 Å². The Hall–Kier alpha value is -5.19. The number of ether oxygens (including phenoxy) is 1. The van der Waals surface area contributed by atoms with Gasteiger partial charge >= 0.3 is 6.18 Å².